The highest BCUT2D eigenvalue weighted by molar-refractivity contribution is 6.32. The van der Waals surface area contributed by atoms with Gasteiger partial charge in [-0.3, -0.25) is 10.1 Å². The smallest absolute Gasteiger partial charge is 0.331 e. The molecule has 6 nitrogen and oxygen atoms in total. The molecular weight excluding hydrogens is 303 g/mol. The van der Waals surface area contributed by atoms with E-state index in [1.807, 2.05) is 5.32 Å². The second kappa shape index (κ2) is 8.01. The number of hydrogen-bond acceptors (Lipinski definition) is 4. The molecule has 0 saturated carbocycles. The van der Waals surface area contributed by atoms with Gasteiger partial charge in [0.2, 0.25) is 0 Å². The molecule has 0 aliphatic carbocycles. The van der Waals surface area contributed by atoms with E-state index in [4.69, 9.17) is 11.6 Å². The Kier molecular flexibility index (Phi) is 6.35. The number of esters is 1. The van der Waals surface area contributed by atoms with Crippen LogP contribution in [0.5, 0.6) is 0 Å². The Morgan fingerprint density at radius 2 is 2.10 bits per heavy atom. The molecule has 0 saturated heterocycles. The maximum atomic E-state index is 13.4. The van der Waals surface area contributed by atoms with Crippen LogP contribution in [0.1, 0.15) is 5.56 Å². The maximum absolute atomic E-state index is 13.4. The van der Waals surface area contributed by atoms with Gasteiger partial charge in [-0.05, 0) is 18.2 Å². The van der Waals surface area contributed by atoms with Crippen molar-refractivity contribution in [3.05, 3.63) is 40.7 Å². The number of hydrogen-bond donors (Lipinski definition) is 2. The van der Waals surface area contributed by atoms with Gasteiger partial charge in [-0.25, -0.2) is 14.0 Å². The van der Waals surface area contributed by atoms with Crippen molar-refractivity contribution in [3.8, 4) is 0 Å². The summed E-state index contributed by atoms with van der Waals surface area (Å²) in [6.45, 7) is -0.637. The fourth-order valence-electron chi connectivity index (χ4n) is 1.23. The van der Waals surface area contributed by atoms with Crippen LogP contribution in [0.2, 0.25) is 5.02 Å². The molecule has 0 fully saturated rings. The van der Waals surface area contributed by atoms with Gasteiger partial charge < -0.3 is 10.1 Å². The quantitative estimate of drug-likeness (QED) is 0.651. The number of carbonyl (C=O) groups is 3. The van der Waals surface area contributed by atoms with Crippen molar-refractivity contribution in [3.63, 3.8) is 0 Å². The second-order valence-corrected chi connectivity index (χ2v) is 4.11. The van der Waals surface area contributed by atoms with Crippen LogP contribution in [0.4, 0.5) is 9.18 Å². The Morgan fingerprint density at radius 3 is 2.71 bits per heavy atom. The van der Waals surface area contributed by atoms with Crippen molar-refractivity contribution in [2.45, 2.75) is 0 Å². The van der Waals surface area contributed by atoms with Gasteiger partial charge in [-0.1, -0.05) is 17.7 Å². The molecule has 8 heteroatoms. The average Bonchev–Trinajstić information content (AvgIpc) is 2.44. The van der Waals surface area contributed by atoms with Crippen LogP contribution < -0.4 is 10.6 Å². The standard InChI is InChI=1S/C13H12ClFN2O4/c1-16-13(20)17-11(18)7-21-12(19)6-5-8-9(14)3-2-4-10(8)15/h2-6H,7H2,1H3,(H2,16,17,18,20). The predicted molar refractivity (Wildman–Crippen MR) is 74.0 cm³/mol. The van der Waals surface area contributed by atoms with Crippen LogP contribution in [-0.2, 0) is 14.3 Å². The van der Waals surface area contributed by atoms with Crippen molar-refractivity contribution in [2.75, 3.05) is 13.7 Å². The molecular formula is C13H12ClFN2O4. The third-order valence-electron chi connectivity index (χ3n) is 2.21. The van der Waals surface area contributed by atoms with E-state index < -0.39 is 30.3 Å². The summed E-state index contributed by atoms with van der Waals surface area (Å²) in [6.07, 6.45) is 2.06. The van der Waals surface area contributed by atoms with Crippen LogP contribution in [0.3, 0.4) is 0 Å². The van der Waals surface area contributed by atoms with Gasteiger partial charge in [0.15, 0.2) is 6.61 Å². The number of nitrogens with one attached hydrogen (secondary N) is 2. The summed E-state index contributed by atoms with van der Waals surface area (Å²) in [5.74, 6) is -2.26. The van der Waals surface area contributed by atoms with Crippen LogP contribution in [0, 0.1) is 5.82 Å². The number of benzene rings is 1. The van der Waals surface area contributed by atoms with Gasteiger partial charge in [0.05, 0.1) is 5.02 Å². The van der Waals surface area contributed by atoms with Crippen LogP contribution >= 0.6 is 11.6 Å². The molecule has 0 bridgehead atoms. The van der Waals surface area contributed by atoms with Gasteiger partial charge in [-0.15, -0.1) is 0 Å². The topological polar surface area (TPSA) is 84.5 Å². The molecule has 1 aromatic rings. The molecule has 0 unspecified atom stereocenters. The van der Waals surface area contributed by atoms with E-state index in [1.54, 1.807) is 0 Å². The number of imide groups is 1. The first-order valence-corrected chi connectivity index (χ1v) is 6.12. The highest BCUT2D eigenvalue weighted by Gasteiger charge is 2.09. The Balaban J connectivity index is 2.52. The minimum absolute atomic E-state index is 0.0333. The van der Waals surface area contributed by atoms with Gasteiger partial charge in [0, 0.05) is 18.7 Å². The first kappa shape index (κ1) is 16.6. The van der Waals surface area contributed by atoms with Crippen LogP contribution in [-0.4, -0.2) is 31.6 Å². The van der Waals surface area contributed by atoms with E-state index in [9.17, 15) is 18.8 Å². The van der Waals surface area contributed by atoms with Crippen molar-refractivity contribution >= 4 is 35.6 Å². The Hall–Kier alpha value is -2.41. The maximum Gasteiger partial charge on any atom is 0.331 e. The molecule has 0 aliphatic heterocycles. The summed E-state index contributed by atoms with van der Waals surface area (Å²) >= 11 is 5.76. The number of urea groups is 1. The van der Waals surface area contributed by atoms with Crippen molar-refractivity contribution < 1.29 is 23.5 Å². The number of carbonyl (C=O) groups excluding carboxylic acids is 3. The molecule has 21 heavy (non-hydrogen) atoms. The molecule has 0 aromatic heterocycles. The van der Waals surface area contributed by atoms with Crippen LogP contribution in [0.25, 0.3) is 6.08 Å². The minimum atomic E-state index is -0.874. The summed E-state index contributed by atoms with van der Waals surface area (Å²) in [5, 5.41) is 4.20. The Bertz CT molecular complexity index is 569. The molecule has 0 aliphatic rings. The summed E-state index contributed by atoms with van der Waals surface area (Å²) in [6, 6.07) is 3.36. The number of ether oxygens (including phenoxy) is 1. The zero-order valence-electron chi connectivity index (χ0n) is 11.0. The van der Waals surface area contributed by atoms with Crippen molar-refractivity contribution in [2.24, 2.45) is 0 Å². The lowest BCUT2D eigenvalue weighted by Crippen LogP contribution is -2.39. The highest BCUT2D eigenvalue weighted by atomic mass is 35.5. The lowest BCUT2D eigenvalue weighted by atomic mass is 10.2. The van der Waals surface area contributed by atoms with Crippen LogP contribution in [0.15, 0.2) is 24.3 Å². The number of rotatable bonds is 4. The van der Waals surface area contributed by atoms with E-state index in [0.29, 0.717) is 0 Å². The van der Waals surface area contributed by atoms with E-state index in [-0.39, 0.29) is 10.6 Å². The summed E-state index contributed by atoms with van der Waals surface area (Å²) in [4.78, 5) is 33.3. The molecule has 0 spiro atoms. The Morgan fingerprint density at radius 1 is 1.38 bits per heavy atom. The SMILES string of the molecule is CNC(=O)NC(=O)COC(=O)C=Cc1c(F)cccc1Cl. The molecule has 2 N–H and O–H groups in total. The van der Waals surface area contributed by atoms with Gasteiger partial charge in [-0.2, -0.15) is 0 Å². The molecule has 0 atom stereocenters. The third kappa shape index (κ3) is 5.62. The zero-order valence-corrected chi connectivity index (χ0v) is 11.7. The molecule has 1 aromatic carbocycles. The van der Waals surface area contributed by atoms with Gasteiger partial charge in [0.1, 0.15) is 5.82 Å². The monoisotopic (exact) mass is 314 g/mol. The lowest BCUT2D eigenvalue weighted by Gasteiger charge is -2.03. The lowest BCUT2D eigenvalue weighted by molar-refractivity contribution is -0.143. The normalized spacial score (nSPS) is 10.2. The molecule has 0 radical (unpaired) electrons. The molecule has 0 heterocycles. The van der Waals surface area contributed by atoms with E-state index >= 15 is 0 Å². The number of halogens is 2. The summed E-state index contributed by atoms with van der Waals surface area (Å²) in [7, 11) is 1.33. The van der Waals surface area contributed by atoms with E-state index in [0.717, 1.165) is 12.2 Å². The molecule has 1 rings (SSSR count). The Labute approximate surface area is 124 Å². The fourth-order valence-corrected chi connectivity index (χ4v) is 1.46. The largest absolute Gasteiger partial charge is 0.452 e. The van der Waals surface area contributed by atoms with Crippen molar-refractivity contribution in [1.82, 2.24) is 10.6 Å². The van der Waals surface area contributed by atoms with Crippen molar-refractivity contribution in [1.29, 1.82) is 0 Å². The van der Waals surface area contributed by atoms with Gasteiger partial charge >= 0.3 is 12.0 Å². The first-order chi connectivity index (χ1) is 9.93. The summed E-state index contributed by atoms with van der Waals surface area (Å²) < 4.78 is 18.0. The van der Waals surface area contributed by atoms with E-state index in [1.165, 1.54) is 25.2 Å². The zero-order chi connectivity index (χ0) is 15.8. The second-order valence-electron chi connectivity index (χ2n) is 3.70. The molecule has 112 valence electrons. The summed E-state index contributed by atoms with van der Waals surface area (Å²) in [5.41, 5.74) is 0.0333. The van der Waals surface area contributed by atoms with Gasteiger partial charge in [0.25, 0.3) is 5.91 Å². The predicted octanol–water partition coefficient (Wildman–Crippen LogP) is 1.49. The average molecular weight is 315 g/mol. The minimum Gasteiger partial charge on any atom is -0.452 e. The third-order valence-corrected chi connectivity index (χ3v) is 2.54. The number of amides is 3. The fraction of sp³-hybridized carbons (Fsp3) is 0.154. The first-order valence-electron chi connectivity index (χ1n) is 5.74. The highest BCUT2D eigenvalue weighted by Crippen LogP contribution is 2.20. The van der Waals surface area contributed by atoms with E-state index in [2.05, 4.69) is 10.1 Å². The molecule has 3 amide bonds.